The summed E-state index contributed by atoms with van der Waals surface area (Å²) in [7, 11) is 5.02. The quantitative estimate of drug-likeness (QED) is 0.250. The number of ether oxygens (including phenoxy) is 2. The van der Waals surface area contributed by atoms with Gasteiger partial charge in [-0.25, -0.2) is 9.78 Å². The van der Waals surface area contributed by atoms with E-state index >= 15 is 0 Å². The number of carbonyl (C=O) groups excluding carboxylic acids is 2. The van der Waals surface area contributed by atoms with Crippen LogP contribution in [0.1, 0.15) is 55.4 Å². The molecule has 2 amide bonds. The number of alkyl halides is 3. The number of rotatable bonds is 8. The molecule has 46 heavy (non-hydrogen) atoms. The molecule has 2 aromatic heterocycles. The largest absolute Gasteiger partial charge is 0.495 e. The number of nitrogens with one attached hydrogen (secondary N) is 4. The van der Waals surface area contributed by atoms with Gasteiger partial charge in [0.2, 0.25) is 0 Å². The molecule has 1 fully saturated rings. The van der Waals surface area contributed by atoms with E-state index < -0.39 is 24.3 Å². The number of amides is 2. The maximum absolute atomic E-state index is 13.9. The number of carbonyl (C=O) groups is 2. The summed E-state index contributed by atoms with van der Waals surface area (Å²) in [5, 5.41) is 11.7. The summed E-state index contributed by atoms with van der Waals surface area (Å²) < 4.78 is 53.7. The van der Waals surface area contributed by atoms with Crippen molar-refractivity contribution in [3.63, 3.8) is 0 Å². The van der Waals surface area contributed by atoms with Crippen LogP contribution in [0.4, 0.5) is 35.0 Å². The van der Waals surface area contributed by atoms with E-state index in [9.17, 15) is 22.8 Å². The molecule has 248 valence electrons. The standard InChI is InChI=1S/C32H40F3N7O4/c1-31(2,3)46-30(44)39-22-17-25(38-21-11-14-41(5)15-12-21)28-40-23(26(42(28)19-22)18-32(33,34)35)8-7-13-37-24-10-9-20(29(43)36-4)16-27(24)45-6/h9-10,16-17,19,21,37-38H,11-15,18H2,1-6H3,(H,36,43)(H,39,44). The number of methoxy groups -OCH3 is 1. The van der Waals surface area contributed by atoms with Crippen LogP contribution >= 0.6 is 0 Å². The topological polar surface area (TPSA) is 121 Å². The zero-order chi connectivity index (χ0) is 33.6. The molecule has 14 heteroatoms. The lowest BCUT2D eigenvalue weighted by Gasteiger charge is -2.30. The SMILES string of the molecule is CNC(=O)c1ccc(NCC#Cc2nc3c(NC4CCN(C)CC4)cc(NC(=O)OC(C)(C)C)cn3c2CC(F)(F)F)c(OC)c1. The number of hydrogen-bond acceptors (Lipinski definition) is 8. The van der Waals surface area contributed by atoms with Gasteiger partial charge in [-0.05, 0) is 83.9 Å². The number of halogens is 3. The maximum Gasteiger partial charge on any atom is 0.412 e. The van der Waals surface area contributed by atoms with Crippen LogP contribution in [0.15, 0.2) is 30.5 Å². The molecule has 4 rings (SSSR count). The van der Waals surface area contributed by atoms with Crippen LogP contribution in [0.3, 0.4) is 0 Å². The van der Waals surface area contributed by atoms with Gasteiger partial charge in [0.25, 0.3) is 5.91 Å². The van der Waals surface area contributed by atoms with E-state index in [-0.39, 0.29) is 41.2 Å². The van der Waals surface area contributed by atoms with Crippen molar-refractivity contribution < 1.29 is 32.2 Å². The van der Waals surface area contributed by atoms with Crippen molar-refractivity contribution in [1.29, 1.82) is 0 Å². The molecule has 0 bridgehead atoms. The number of anilines is 3. The second kappa shape index (κ2) is 14.2. The fraction of sp³-hybridized carbons (Fsp3) is 0.469. The molecule has 0 aliphatic carbocycles. The molecule has 3 aromatic rings. The summed E-state index contributed by atoms with van der Waals surface area (Å²) in [5.74, 6) is 5.79. The molecule has 0 spiro atoms. The van der Waals surface area contributed by atoms with E-state index in [2.05, 4.69) is 43.0 Å². The minimum Gasteiger partial charge on any atom is -0.495 e. The highest BCUT2D eigenvalue weighted by atomic mass is 19.4. The summed E-state index contributed by atoms with van der Waals surface area (Å²) in [4.78, 5) is 31.3. The van der Waals surface area contributed by atoms with Crippen LogP contribution in [-0.4, -0.2) is 84.9 Å². The molecule has 3 heterocycles. The Morgan fingerprint density at radius 1 is 1.11 bits per heavy atom. The van der Waals surface area contributed by atoms with Gasteiger partial charge in [-0.2, -0.15) is 13.2 Å². The van der Waals surface area contributed by atoms with Gasteiger partial charge in [0.1, 0.15) is 17.0 Å². The van der Waals surface area contributed by atoms with E-state index in [0.29, 0.717) is 22.7 Å². The van der Waals surface area contributed by atoms with Crippen molar-refractivity contribution in [2.75, 3.05) is 56.8 Å². The minimum atomic E-state index is -4.55. The van der Waals surface area contributed by atoms with Gasteiger partial charge in [-0.15, -0.1) is 0 Å². The Morgan fingerprint density at radius 3 is 2.46 bits per heavy atom. The van der Waals surface area contributed by atoms with Gasteiger partial charge in [0.05, 0.1) is 42.8 Å². The Morgan fingerprint density at radius 2 is 1.83 bits per heavy atom. The first-order valence-electron chi connectivity index (χ1n) is 14.9. The predicted molar refractivity (Wildman–Crippen MR) is 171 cm³/mol. The second-order valence-corrected chi connectivity index (χ2v) is 12.0. The summed E-state index contributed by atoms with van der Waals surface area (Å²) in [6.07, 6.45) is -3.53. The molecule has 11 nitrogen and oxygen atoms in total. The van der Waals surface area contributed by atoms with E-state index in [1.807, 2.05) is 7.05 Å². The summed E-state index contributed by atoms with van der Waals surface area (Å²) in [6, 6.07) is 6.55. The van der Waals surface area contributed by atoms with Gasteiger partial charge in [-0.1, -0.05) is 5.92 Å². The molecule has 1 aliphatic heterocycles. The Bertz CT molecular complexity index is 1630. The van der Waals surface area contributed by atoms with Crippen LogP contribution in [-0.2, 0) is 11.2 Å². The normalized spacial score (nSPS) is 14.3. The third kappa shape index (κ3) is 9.20. The molecular formula is C32H40F3N7O4. The molecule has 1 saturated heterocycles. The molecule has 0 saturated carbocycles. The van der Waals surface area contributed by atoms with Crippen LogP contribution in [0.5, 0.6) is 5.75 Å². The van der Waals surface area contributed by atoms with Crippen LogP contribution in [0, 0.1) is 11.8 Å². The number of likely N-dealkylation sites (tertiary alicyclic amines) is 1. The number of piperidine rings is 1. The number of pyridine rings is 1. The van der Waals surface area contributed by atoms with Crippen molar-refractivity contribution in [2.45, 2.75) is 57.9 Å². The van der Waals surface area contributed by atoms with Crippen molar-refractivity contribution in [2.24, 2.45) is 0 Å². The lowest BCUT2D eigenvalue weighted by Crippen LogP contribution is -2.36. The van der Waals surface area contributed by atoms with Gasteiger partial charge >= 0.3 is 12.3 Å². The number of benzene rings is 1. The van der Waals surface area contributed by atoms with E-state index in [4.69, 9.17) is 9.47 Å². The third-order valence-corrected chi connectivity index (χ3v) is 7.18. The van der Waals surface area contributed by atoms with Crippen LogP contribution in [0.25, 0.3) is 5.65 Å². The molecule has 4 N–H and O–H groups in total. The number of imidazole rings is 1. The van der Waals surface area contributed by atoms with Crippen molar-refractivity contribution in [3.05, 3.63) is 47.4 Å². The maximum atomic E-state index is 13.9. The Labute approximate surface area is 266 Å². The average Bonchev–Trinajstić information content (AvgIpc) is 3.30. The Balaban J connectivity index is 1.70. The molecule has 0 atom stereocenters. The van der Waals surface area contributed by atoms with Crippen molar-refractivity contribution >= 4 is 34.7 Å². The van der Waals surface area contributed by atoms with Gasteiger partial charge in [0, 0.05) is 24.8 Å². The summed E-state index contributed by atoms with van der Waals surface area (Å²) in [6.45, 7) is 6.93. The fourth-order valence-corrected chi connectivity index (χ4v) is 5.01. The minimum absolute atomic E-state index is 0.0399. The molecule has 0 unspecified atom stereocenters. The zero-order valence-electron chi connectivity index (χ0n) is 26.8. The fourth-order valence-electron chi connectivity index (χ4n) is 5.01. The first-order chi connectivity index (χ1) is 21.7. The first kappa shape index (κ1) is 34.2. The van der Waals surface area contributed by atoms with Crippen molar-refractivity contribution in [1.82, 2.24) is 19.6 Å². The molecule has 0 radical (unpaired) electrons. The first-order valence-corrected chi connectivity index (χ1v) is 14.9. The van der Waals surface area contributed by atoms with E-state index in [1.54, 1.807) is 45.0 Å². The number of nitrogens with zero attached hydrogens (tertiary/aromatic N) is 3. The highest BCUT2D eigenvalue weighted by Crippen LogP contribution is 2.31. The molecular weight excluding hydrogens is 603 g/mol. The predicted octanol–water partition coefficient (Wildman–Crippen LogP) is 5.12. The number of aromatic nitrogens is 2. The number of hydrogen-bond donors (Lipinski definition) is 4. The smallest absolute Gasteiger partial charge is 0.412 e. The lowest BCUT2D eigenvalue weighted by molar-refractivity contribution is -0.128. The van der Waals surface area contributed by atoms with Crippen LogP contribution in [0.2, 0.25) is 0 Å². The monoisotopic (exact) mass is 643 g/mol. The number of fused-ring (bicyclic) bond motifs is 1. The van der Waals surface area contributed by atoms with E-state index in [1.165, 1.54) is 24.8 Å². The van der Waals surface area contributed by atoms with Gasteiger partial charge in [-0.3, -0.25) is 14.5 Å². The third-order valence-electron chi connectivity index (χ3n) is 7.18. The van der Waals surface area contributed by atoms with Gasteiger partial charge in [0.15, 0.2) is 5.65 Å². The Kier molecular flexibility index (Phi) is 10.6. The zero-order valence-corrected chi connectivity index (χ0v) is 26.8. The highest BCUT2D eigenvalue weighted by Gasteiger charge is 2.32. The van der Waals surface area contributed by atoms with Gasteiger partial charge < -0.3 is 30.3 Å². The average molecular weight is 644 g/mol. The molecule has 1 aliphatic rings. The summed E-state index contributed by atoms with van der Waals surface area (Å²) >= 11 is 0. The molecule has 1 aromatic carbocycles. The Hall–Kier alpha value is -4.64. The summed E-state index contributed by atoms with van der Waals surface area (Å²) in [5.41, 5.74) is 0.956. The van der Waals surface area contributed by atoms with Crippen LogP contribution < -0.4 is 26.0 Å². The van der Waals surface area contributed by atoms with E-state index in [0.717, 1.165) is 25.9 Å². The second-order valence-electron chi connectivity index (χ2n) is 12.0. The van der Waals surface area contributed by atoms with Crippen molar-refractivity contribution in [3.8, 4) is 17.6 Å². The highest BCUT2D eigenvalue weighted by molar-refractivity contribution is 5.95. The lowest BCUT2D eigenvalue weighted by atomic mass is 10.1.